The van der Waals surface area contributed by atoms with Crippen LogP contribution in [0.3, 0.4) is 0 Å². The topological polar surface area (TPSA) is 42.2 Å². The van der Waals surface area contributed by atoms with Gasteiger partial charge in [0.2, 0.25) is 5.82 Å². The van der Waals surface area contributed by atoms with E-state index in [0.29, 0.717) is 11.1 Å². The van der Waals surface area contributed by atoms with Crippen molar-refractivity contribution in [2.45, 2.75) is 18.4 Å². The summed E-state index contributed by atoms with van der Waals surface area (Å²) in [5.74, 6) is -1.15. The van der Waals surface area contributed by atoms with Gasteiger partial charge in [-0.15, -0.1) is 10.2 Å². The van der Waals surface area contributed by atoms with Gasteiger partial charge in [0.25, 0.3) is 0 Å². The van der Waals surface area contributed by atoms with E-state index in [1.807, 2.05) is 0 Å². The van der Waals surface area contributed by atoms with Crippen molar-refractivity contribution in [3.05, 3.63) is 84.3 Å². The SMILES string of the molecule is FC(F)(F)c1nnc2ccc(-c3ccc(NC(c4ccccc4)C(F)(F)F)cc3)cn12. The van der Waals surface area contributed by atoms with E-state index in [2.05, 4.69) is 15.5 Å². The molecule has 0 saturated heterocycles. The zero-order chi connectivity index (χ0) is 22.2. The van der Waals surface area contributed by atoms with Crippen molar-refractivity contribution in [2.24, 2.45) is 0 Å². The summed E-state index contributed by atoms with van der Waals surface area (Å²) in [6.07, 6.45) is -7.95. The minimum absolute atomic E-state index is 0.0326. The third-order valence-corrected chi connectivity index (χ3v) is 4.65. The summed E-state index contributed by atoms with van der Waals surface area (Å²) in [6.45, 7) is 0. The van der Waals surface area contributed by atoms with Gasteiger partial charge in [0.1, 0.15) is 6.04 Å². The number of nitrogens with one attached hydrogen (secondary N) is 1. The van der Waals surface area contributed by atoms with Crippen LogP contribution in [0.1, 0.15) is 17.4 Å². The Hall–Kier alpha value is -3.56. The number of aromatic nitrogens is 3. The first-order valence-electron chi connectivity index (χ1n) is 9.03. The number of pyridine rings is 1. The molecule has 0 bridgehead atoms. The fourth-order valence-electron chi connectivity index (χ4n) is 3.18. The van der Waals surface area contributed by atoms with E-state index < -0.39 is 24.2 Å². The Kier molecular flexibility index (Phi) is 5.08. The zero-order valence-corrected chi connectivity index (χ0v) is 15.6. The summed E-state index contributed by atoms with van der Waals surface area (Å²) in [5, 5.41) is 9.14. The minimum atomic E-state index is -4.67. The van der Waals surface area contributed by atoms with Crippen molar-refractivity contribution in [3.63, 3.8) is 0 Å². The first-order chi connectivity index (χ1) is 14.6. The van der Waals surface area contributed by atoms with E-state index in [-0.39, 0.29) is 16.9 Å². The van der Waals surface area contributed by atoms with Crippen molar-refractivity contribution in [1.29, 1.82) is 0 Å². The van der Waals surface area contributed by atoms with E-state index in [4.69, 9.17) is 0 Å². The Labute approximate surface area is 172 Å². The van der Waals surface area contributed by atoms with Gasteiger partial charge in [0.05, 0.1) is 0 Å². The molecule has 4 aromatic rings. The molecule has 4 rings (SSSR count). The number of halogens is 6. The maximum Gasteiger partial charge on any atom is 0.452 e. The van der Waals surface area contributed by atoms with Crippen LogP contribution in [0.15, 0.2) is 72.9 Å². The van der Waals surface area contributed by atoms with Gasteiger partial charge in [-0.25, -0.2) is 0 Å². The van der Waals surface area contributed by atoms with Crippen LogP contribution in [0.4, 0.5) is 32.0 Å². The molecule has 0 aliphatic rings. The second-order valence-electron chi connectivity index (χ2n) is 6.77. The Morgan fingerprint density at radius 2 is 1.39 bits per heavy atom. The van der Waals surface area contributed by atoms with Crippen LogP contribution >= 0.6 is 0 Å². The highest BCUT2D eigenvalue weighted by Crippen LogP contribution is 2.36. The molecule has 0 radical (unpaired) electrons. The summed E-state index contributed by atoms with van der Waals surface area (Å²) in [7, 11) is 0. The molecule has 4 nitrogen and oxygen atoms in total. The molecular formula is C21H14F6N4. The first-order valence-corrected chi connectivity index (χ1v) is 9.03. The van der Waals surface area contributed by atoms with Gasteiger partial charge in [0, 0.05) is 11.9 Å². The normalized spacial score (nSPS) is 13.4. The summed E-state index contributed by atoms with van der Waals surface area (Å²) >= 11 is 0. The number of anilines is 1. The molecule has 1 atom stereocenters. The molecular weight excluding hydrogens is 422 g/mol. The van der Waals surface area contributed by atoms with Gasteiger partial charge in [0.15, 0.2) is 5.65 Å². The van der Waals surface area contributed by atoms with Gasteiger partial charge >= 0.3 is 12.4 Å². The summed E-state index contributed by atoms with van der Waals surface area (Å²) in [4.78, 5) is 0. The van der Waals surface area contributed by atoms with Crippen molar-refractivity contribution in [3.8, 4) is 11.1 Å². The number of benzene rings is 2. The summed E-state index contributed by atoms with van der Waals surface area (Å²) < 4.78 is 80.6. The molecule has 31 heavy (non-hydrogen) atoms. The van der Waals surface area contributed by atoms with Gasteiger partial charge < -0.3 is 5.32 Å². The van der Waals surface area contributed by atoms with Crippen molar-refractivity contribution in [1.82, 2.24) is 14.6 Å². The largest absolute Gasteiger partial charge is 0.452 e. The molecule has 0 amide bonds. The summed E-state index contributed by atoms with van der Waals surface area (Å²) in [5.41, 5.74) is 1.27. The highest BCUT2D eigenvalue weighted by atomic mass is 19.4. The molecule has 2 aromatic carbocycles. The molecule has 0 aliphatic carbocycles. The smallest absolute Gasteiger partial charge is 0.370 e. The van der Waals surface area contributed by atoms with Gasteiger partial charge in [-0.1, -0.05) is 42.5 Å². The Bertz CT molecular complexity index is 1180. The lowest BCUT2D eigenvalue weighted by Gasteiger charge is -2.23. The molecule has 0 fully saturated rings. The van der Waals surface area contributed by atoms with Crippen LogP contribution in [0.2, 0.25) is 0 Å². The lowest BCUT2D eigenvalue weighted by molar-refractivity contribution is -0.146. The van der Waals surface area contributed by atoms with Gasteiger partial charge in [-0.05, 0) is 41.0 Å². The maximum absolute atomic E-state index is 13.5. The quantitative estimate of drug-likeness (QED) is 0.392. The standard InChI is InChI=1S/C21H14F6N4/c22-20(23,24)18(14-4-2-1-3-5-14)28-16-9-6-13(7-10-16)15-8-11-17-29-30-19(21(25,26)27)31(17)12-15/h1-12,18,28H. The van der Waals surface area contributed by atoms with Crippen LogP contribution in [0.5, 0.6) is 0 Å². The molecule has 1 unspecified atom stereocenters. The maximum atomic E-state index is 13.5. The molecule has 0 saturated carbocycles. The highest BCUT2D eigenvalue weighted by molar-refractivity contribution is 5.67. The zero-order valence-electron chi connectivity index (χ0n) is 15.6. The van der Waals surface area contributed by atoms with Crippen molar-refractivity contribution >= 4 is 11.3 Å². The molecule has 160 valence electrons. The Balaban J connectivity index is 1.62. The van der Waals surface area contributed by atoms with E-state index in [9.17, 15) is 26.3 Å². The van der Waals surface area contributed by atoms with E-state index >= 15 is 0 Å². The molecule has 0 aliphatic heterocycles. The molecule has 1 N–H and O–H groups in total. The lowest BCUT2D eigenvalue weighted by atomic mass is 10.0. The van der Waals surface area contributed by atoms with Crippen LogP contribution in [-0.4, -0.2) is 20.8 Å². The third kappa shape index (κ3) is 4.32. The third-order valence-electron chi connectivity index (χ3n) is 4.65. The van der Waals surface area contributed by atoms with E-state index in [1.54, 1.807) is 12.1 Å². The number of hydrogen-bond acceptors (Lipinski definition) is 3. The molecule has 2 aromatic heterocycles. The average Bonchev–Trinajstić information content (AvgIpc) is 3.16. The second-order valence-corrected chi connectivity index (χ2v) is 6.77. The second kappa shape index (κ2) is 7.60. The van der Waals surface area contributed by atoms with Gasteiger partial charge in [-0.3, -0.25) is 4.40 Å². The number of hydrogen-bond donors (Lipinski definition) is 1. The van der Waals surface area contributed by atoms with Crippen molar-refractivity contribution in [2.75, 3.05) is 5.32 Å². The number of rotatable bonds is 4. The first kappa shape index (κ1) is 20.7. The van der Waals surface area contributed by atoms with Crippen LogP contribution in [0, 0.1) is 0 Å². The Morgan fingerprint density at radius 3 is 2.00 bits per heavy atom. The van der Waals surface area contributed by atoms with Gasteiger partial charge in [-0.2, -0.15) is 26.3 Å². The monoisotopic (exact) mass is 436 g/mol. The van der Waals surface area contributed by atoms with E-state index in [1.165, 1.54) is 60.8 Å². The molecule has 2 heterocycles. The van der Waals surface area contributed by atoms with Crippen LogP contribution in [-0.2, 0) is 6.18 Å². The average molecular weight is 436 g/mol. The van der Waals surface area contributed by atoms with Crippen molar-refractivity contribution < 1.29 is 26.3 Å². The Morgan fingerprint density at radius 1 is 0.742 bits per heavy atom. The van der Waals surface area contributed by atoms with E-state index in [0.717, 1.165) is 4.40 Å². The molecule has 10 heteroatoms. The van der Waals surface area contributed by atoms with Crippen LogP contribution < -0.4 is 5.32 Å². The molecule has 0 spiro atoms. The predicted octanol–water partition coefficient (Wildman–Crippen LogP) is 6.13. The number of nitrogens with zero attached hydrogens (tertiary/aromatic N) is 3. The number of alkyl halides is 6. The fraction of sp³-hybridized carbons (Fsp3) is 0.143. The summed E-state index contributed by atoms with van der Waals surface area (Å²) in [6, 6.07) is 14.4. The minimum Gasteiger partial charge on any atom is -0.370 e. The van der Waals surface area contributed by atoms with Crippen LogP contribution in [0.25, 0.3) is 16.8 Å². The number of fused-ring (bicyclic) bond motifs is 1. The fourth-order valence-corrected chi connectivity index (χ4v) is 3.18. The predicted molar refractivity (Wildman–Crippen MR) is 102 cm³/mol. The lowest BCUT2D eigenvalue weighted by Crippen LogP contribution is -2.27. The highest BCUT2D eigenvalue weighted by Gasteiger charge is 2.41.